The Balaban J connectivity index is 1.62. The van der Waals surface area contributed by atoms with Crippen molar-refractivity contribution < 1.29 is 22.8 Å². The summed E-state index contributed by atoms with van der Waals surface area (Å²) in [7, 11) is -2.37. The fourth-order valence-electron chi connectivity index (χ4n) is 1.89. The second-order valence-corrected chi connectivity index (χ2v) is 7.17. The summed E-state index contributed by atoms with van der Waals surface area (Å²) in [5.41, 5.74) is 0. The highest BCUT2D eigenvalue weighted by atomic mass is 28.4. The first kappa shape index (κ1) is 13.4. The summed E-state index contributed by atoms with van der Waals surface area (Å²) in [4.78, 5) is 0. The molecule has 100 valence electrons. The van der Waals surface area contributed by atoms with E-state index < -0.39 is 8.80 Å². The number of hydrogen-bond donors (Lipinski definition) is 0. The van der Waals surface area contributed by atoms with Crippen molar-refractivity contribution in [2.45, 2.75) is 38.5 Å². The van der Waals surface area contributed by atoms with Gasteiger partial charge in [0.1, 0.15) is 6.10 Å². The Labute approximate surface area is 104 Å². The molecule has 0 saturated carbocycles. The Morgan fingerprint density at radius 1 is 1.35 bits per heavy atom. The van der Waals surface area contributed by atoms with Gasteiger partial charge in [0.15, 0.2) is 0 Å². The molecular weight excluding hydrogens is 240 g/mol. The minimum atomic E-state index is -2.37. The zero-order valence-corrected chi connectivity index (χ0v) is 11.6. The molecule has 0 aromatic carbocycles. The third kappa shape index (κ3) is 4.31. The molecular formula is C11H22O5Si. The van der Waals surface area contributed by atoms with E-state index in [9.17, 15) is 0 Å². The minimum absolute atomic E-state index is 0.161. The van der Waals surface area contributed by atoms with Gasteiger partial charge in [-0.1, -0.05) is 0 Å². The predicted octanol–water partition coefficient (Wildman–Crippen LogP) is 1.20. The average Bonchev–Trinajstić information content (AvgIpc) is 3.04. The van der Waals surface area contributed by atoms with E-state index in [1.54, 1.807) is 0 Å². The van der Waals surface area contributed by atoms with Crippen LogP contribution in [0.3, 0.4) is 0 Å². The van der Waals surface area contributed by atoms with Gasteiger partial charge in [-0.2, -0.15) is 0 Å². The highest BCUT2D eigenvalue weighted by molar-refractivity contribution is 6.61. The highest BCUT2D eigenvalue weighted by Gasteiger charge is 2.46. The van der Waals surface area contributed by atoms with Gasteiger partial charge in [-0.25, -0.2) is 0 Å². The Kier molecular flexibility index (Phi) is 4.95. The van der Waals surface area contributed by atoms with E-state index in [1.807, 2.05) is 13.8 Å². The fourth-order valence-corrected chi connectivity index (χ4v) is 4.70. The quantitative estimate of drug-likeness (QED) is 0.374. The van der Waals surface area contributed by atoms with Crippen LogP contribution in [0, 0.1) is 0 Å². The lowest BCUT2D eigenvalue weighted by Crippen LogP contribution is -2.41. The van der Waals surface area contributed by atoms with Crippen molar-refractivity contribution in [1.29, 1.82) is 0 Å². The van der Waals surface area contributed by atoms with E-state index in [0.717, 1.165) is 25.7 Å². The first-order valence-electron chi connectivity index (χ1n) is 6.39. The molecule has 0 aromatic rings. The number of ether oxygens (including phenoxy) is 2. The van der Waals surface area contributed by atoms with Crippen molar-refractivity contribution in [1.82, 2.24) is 0 Å². The van der Waals surface area contributed by atoms with Gasteiger partial charge in [-0.15, -0.1) is 0 Å². The molecule has 0 amide bonds. The second-order valence-electron chi connectivity index (χ2n) is 4.49. The van der Waals surface area contributed by atoms with Crippen LogP contribution in [0.5, 0.6) is 0 Å². The third-order valence-electron chi connectivity index (χ3n) is 2.76. The number of rotatable bonds is 8. The highest BCUT2D eigenvalue weighted by Crippen LogP contribution is 2.25. The molecule has 2 fully saturated rings. The molecule has 2 aliphatic rings. The van der Waals surface area contributed by atoms with Gasteiger partial charge in [0, 0.05) is 19.3 Å². The zero-order valence-electron chi connectivity index (χ0n) is 10.6. The van der Waals surface area contributed by atoms with Crippen LogP contribution in [0.25, 0.3) is 0 Å². The van der Waals surface area contributed by atoms with Crippen molar-refractivity contribution in [2.24, 2.45) is 0 Å². The number of hydrogen-bond acceptors (Lipinski definition) is 5. The second kappa shape index (κ2) is 6.26. The summed E-state index contributed by atoms with van der Waals surface area (Å²) in [6.07, 6.45) is 1.42. The molecule has 2 aliphatic heterocycles. The monoisotopic (exact) mass is 262 g/mol. The van der Waals surface area contributed by atoms with Crippen LogP contribution in [-0.4, -0.2) is 54.0 Å². The molecule has 5 nitrogen and oxygen atoms in total. The van der Waals surface area contributed by atoms with Gasteiger partial charge in [-0.05, 0) is 20.3 Å². The van der Waals surface area contributed by atoms with Gasteiger partial charge in [-0.3, -0.25) is 0 Å². The summed E-state index contributed by atoms with van der Waals surface area (Å²) in [6.45, 7) is 7.59. The minimum Gasteiger partial charge on any atom is -0.379 e. The van der Waals surface area contributed by atoms with E-state index in [2.05, 4.69) is 0 Å². The predicted molar refractivity (Wildman–Crippen MR) is 63.9 cm³/mol. The summed E-state index contributed by atoms with van der Waals surface area (Å²) >= 11 is 0. The summed E-state index contributed by atoms with van der Waals surface area (Å²) in [6, 6.07) is 0.844. The molecule has 3 atom stereocenters. The van der Waals surface area contributed by atoms with Crippen molar-refractivity contribution in [3.63, 3.8) is 0 Å². The van der Waals surface area contributed by atoms with E-state index in [4.69, 9.17) is 22.8 Å². The first-order chi connectivity index (χ1) is 8.24. The van der Waals surface area contributed by atoms with Gasteiger partial charge in [0.2, 0.25) is 0 Å². The Hall–Kier alpha value is 0.0169. The average molecular weight is 262 g/mol. The first-order valence-corrected chi connectivity index (χ1v) is 8.32. The molecule has 17 heavy (non-hydrogen) atoms. The van der Waals surface area contributed by atoms with Crippen molar-refractivity contribution in [2.75, 3.05) is 33.0 Å². The Morgan fingerprint density at radius 2 is 2.18 bits per heavy atom. The van der Waals surface area contributed by atoms with E-state index >= 15 is 0 Å². The molecule has 0 spiro atoms. The number of epoxide rings is 1. The maximum Gasteiger partial charge on any atom is 0.501 e. The van der Waals surface area contributed by atoms with Crippen LogP contribution in [0.1, 0.15) is 20.3 Å². The fraction of sp³-hybridized carbons (Fsp3) is 1.00. The molecule has 2 saturated heterocycles. The maximum absolute atomic E-state index is 5.84. The standard InChI is InChI=1S/C11H22O5Si/c1-3-14-17(15-7-10(2)16-17)6-4-5-12-8-11-9-13-11/h10-11H,3-9H2,1-2H3. The molecule has 6 heteroatoms. The molecule has 0 radical (unpaired) electrons. The van der Waals surface area contributed by atoms with Crippen LogP contribution in [0.4, 0.5) is 0 Å². The topological polar surface area (TPSA) is 49.5 Å². The van der Waals surface area contributed by atoms with E-state index in [1.165, 1.54) is 0 Å². The van der Waals surface area contributed by atoms with E-state index in [-0.39, 0.29) is 6.10 Å². The van der Waals surface area contributed by atoms with Gasteiger partial charge < -0.3 is 22.8 Å². The molecule has 3 unspecified atom stereocenters. The van der Waals surface area contributed by atoms with Gasteiger partial charge in [0.05, 0.1) is 25.9 Å². The maximum atomic E-state index is 5.84. The zero-order chi connectivity index (χ0) is 12.1. The van der Waals surface area contributed by atoms with Crippen LogP contribution in [0.2, 0.25) is 6.04 Å². The lowest BCUT2D eigenvalue weighted by Gasteiger charge is -2.22. The summed E-state index contributed by atoms with van der Waals surface area (Å²) in [5, 5.41) is 0. The molecule has 2 heterocycles. The van der Waals surface area contributed by atoms with Gasteiger partial charge >= 0.3 is 8.80 Å². The molecule has 0 aliphatic carbocycles. The largest absolute Gasteiger partial charge is 0.501 e. The summed E-state index contributed by atoms with van der Waals surface area (Å²) in [5.74, 6) is 0. The normalized spacial score (nSPS) is 36.4. The van der Waals surface area contributed by atoms with Crippen molar-refractivity contribution in [3.8, 4) is 0 Å². The van der Waals surface area contributed by atoms with Crippen LogP contribution < -0.4 is 0 Å². The van der Waals surface area contributed by atoms with Crippen LogP contribution in [0.15, 0.2) is 0 Å². The van der Waals surface area contributed by atoms with Crippen LogP contribution >= 0.6 is 0 Å². The lowest BCUT2D eigenvalue weighted by molar-refractivity contribution is 0.105. The van der Waals surface area contributed by atoms with Crippen molar-refractivity contribution in [3.05, 3.63) is 0 Å². The molecule has 2 rings (SSSR count). The molecule has 0 N–H and O–H groups in total. The SMILES string of the molecule is CCO[Si]1(CCCOCC2CO2)OCC(C)O1. The molecule has 0 bridgehead atoms. The smallest absolute Gasteiger partial charge is 0.379 e. The summed E-state index contributed by atoms with van der Waals surface area (Å²) < 4.78 is 27.9. The Bertz CT molecular complexity index is 232. The Morgan fingerprint density at radius 3 is 2.76 bits per heavy atom. The van der Waals surface area contributed by atoms with Crippen LogP contribution in [-0.2, 0) is 22.8 Å². The van der Waals surface area contributed by atoms with Crippen molar-refractivity contribution >= 4 is 8.80 Å². The van der Waals surface area contributed by atoms with E-state index in [0.29, 0.717) is 25.9 Å². The van der Waals surface area contributed by atoms with Gasteiger partial charge in [0.25, 0.3) is 0 Å². The third-order valence-corrected chi connectivity index (χ3v) is 5.82. The molecule has 0 aromatic heterocycles. The lowest BCUT2D eigenvalue weighted by atomic mass is 10.5.